The summed E-state index contributed by atoms with van der Waals surface area (Å²) >= 11 is 1.83. The SMILES string of the molecule is CC(=O)CCCSC(C)CCO. The molecule has 0 aliphatic rings. The van der Waals surface area contributed by atoms with Gasteiger partial charge in [-0.2, -0.15) is 11.8 Å². The molecule has 0 spiro atoms. The van der Waals surface area contributed by atoms with E-state index < -0.39 is 0 Å². The smallest absolute Gasteiger partial charge is 0.129 e. The second-order valence-corrected chi connectivity index (χ2v) is 4.55. The van der Waals surface area contributed by atoms with Gasteiger partial charge in [0, 0.05) is 18.3 Å². The normalized spacial score (nSPS) is 12.9. The number of carbonyl (C=O) groups excluding carboxylic acids is 1. The predicted octanol–water partition coefficient (Wildman–Crippen LogP) is 1.86. The molecule has 0 aromatic heterocycles. The second kappa shape index (κ2) is 7.62. The summed E-state index contributed by atoms with van der Waals surface area (Å²) in [6.45, 7) is 4.00. The summed E-state index contributed by atoms with van der Waals surface area (Å²) in [5.41, 5.74) is 0. The van der Waals surface area contributed by atoms with Gasteiger partial charge in [-0.05, 0) is 25.5 Å². The van der Waals surface area contributed by atoms with Gasteiger partial charge in [0.25, 0.3) is 0 Å². The van der Waals surface area contributed by atoms with Crippen LogP contribution in [0.3, 0.4) is 0 Å². The molecule has 72 valence electrons. The maximum absolute atomic E-state index is 10.6. The van der Waals surface area contributed by atoms with Crippen LogP contribution < -0.4 is 0 Å². The third-order valence-corrected chi connectivity index (χ3v) is 2.94. The molecule has 0 radical (unpaired) electrons. The molecule has 0 aliphatic heterocycles. The molecule has 0 aromatic carbocycles. The fourth-order valence-electron chi connectivity index (χ4n) is 0.871. The zero-order chi connectivity index (χ0) is 9.40. The van der Waals surface area contributed by atoms with Crippen molar-refractivity contribution < 1.29 is 9.90 Å². The van der Waals surface area contributed by atoms with Crippen LogP contribution in [0.2, 0.25) is 0 Å². The molecule has 0 heterocycles. The number of aliphatic hydroxyl groups is 1. The molecule has 1 N–H and O–H groups in total. The molecular weight excluding hydrogens is 172 g/mol. The van der Waals surface area contributed by atoms with E-state index in [0.717, 1.165) is 18.6 Å². The number of hydrogen-bond acceptors (Lipinski definition) is 3. The molecule has 0 aliphatic carbocycles. The number of thioether (sulfide) groups is 1. The van der Waals surface area contributed by atoms with Gasteiger partial charge < -0.3 is 9.90 Å². The zero-order valence-electron chi connectivity index (χ0n) is 7.88. The Morgan fingerprint density at radius 2 is 2.25 bits per heavy atom. The minimum atomic E-state index is 0.265. The Bertz CT molecular complexity index is 126. The van der Waals surface area contributed by atoms with Gasteiger partial charge in [0.05, 0.1) is 0 Å². The Hall–Kier alpha value is -0.0200. The average molecular weight is 190 g/mol. The lowest BCUT2D eigenvalue weighted by atomic mass is 10.3. The van der Waals surface area contributed by atoms with Crippen LogP contribution in [-0.2, 0) is 4.79 Å². The Morgan fingerprint density at radius 1 is 1.58 bits per heavy atom. The number of hydrogen-bond donors (Lipinski definition) is 1. The average Bonchev–Trinajstić information content (AvgIpc) is 1.98. The molecular formula is C9H18O2S. The van der Waals surface area contributed by atoms with Gasteiger partial charge >= 0.3 is 0 Å². The molecule has 0 saturated carbocycles. The highest BCUT2D eigenvalue weighted by Gasteiger charge is 2.01. The van der Waals surface area contributed by atoms with Gasteiger partial charge in [-0.1, -0.05) is 6.92 Å². The Kier molecular flexibility index (Phi) is 7.61. The van der Waals surface area contributed by atoms with E-state index in [0.29, 0.717) is 11.7 Å². The van der Waals surface area contributed by atoms with E-state index in [1.807, 2.05) is 11.8 Å². The van der Waals surface area contributed by atoms with Crippen LogP contribution in [0.25, 0.3) is 0 Å². The molecule has 0 fully saturated rings. The molecule has 3 heteroatoms. The molecule has 12 heavy (non-hydrogen) atoms. The lowest BCUT2D eigenvalue weighted by Crippen LogP contribution is -2.01. The van der Waals surface area contributed by atoms with Crippen LogP contribution >= 0.6 is 11.8 Å². The third kappa shape index (κ3) is 8.08. The van der Waals surface area contributed by atoms with Crippen molar-refractivity contribution >= 4 is 17.5 Å². The first kappa shape index (κ1) is 12.0. The van der Waals surface area contributed by atoms with Gasteiger partial charge in [-0.3, -0.25) is 0 Å². The van der Waals surface area contributed by atoms with E-state index in [4.69, 9.17) is 5.11 Å². The first-order chi connectivity index (χ1) is 5.66. The van der Waals surface area contributed by atoms with Crippen molar-refractivity contribution in [3.63, 3.8) is 0 Å². The van der Waals surface area contributed by atoms with Gasteiger partial charge in [0.1, 0.15) is 5.78 Å². The highest BCUT2D eigenvalue weighted by molar-refractivity contribution is 7.99. The van der Waals surface area contributed by atoms with Crippen LogP contribution in [0.4, 0.5) is 0 Å². The third-order valence-electron chi connectivity index (χ3n) is 1.61. The van der Waals surface area contributed by atoms with Crippen LogP contribution in [0, 0.1) is 0 Å². The minimum absolute atomic E-state index is 0.265. The van der Waals surface area contributed by atoms with E-state index in [2.05, 4.69) is 6.92 Å². The number of aliphatic hydroxyl groups excluding tert-OH is 1. The number of carbonyl (C=O) groups is 1. The van der Waals surface area contributed by atoms with Crippen molar-refractivity contribution in [1.29, 1.82) is 0 Å². The summed E-state index contributed by atoms with van der Waals surface area (Å²) in [6, 6.07) is 0. The molecule has 0 bridgehead atoms. The first-order valence-corrected chi connectivity index (χ1v) is 5.43. The minimum Gasteiger partial charge on any atom is -0.396 e. The van der Waals surface area contributed by atoms with Crippen LogP contribution in [0.5, 0.6) is 0 Å². The maximum Gasteiger partial charge on any atom is 0.129 e. The summed E-state index contributed by atoms with van der Waals surface area (Å²) in [5.74, 6) is 1.30. The van der Waals surface area contributed by atoms with Crippen molar-refractivity contribution in [1.82, 2.24) is 0 Å². The van der Waals surface area contributed by atoms with Gasteiger partial charge in [-0.25, -0.2) is 0 Å². The number of rotatable bonds is 7. The number of ketones is 1. The summed E-state index contributed by atoms with van der Waals surface area (Å²) in [7, 11) is 0. The molecule has 0 rings (SSSR count). The van der Waals surface area contributed by atoms with Gasteiger partial charge in [0.15, 0.2) is 0 Å². The van der Waals surface area contributed by atoms with Crippen molar-refractivity contribution in [2.24, 2.45) is 0 Å². The standard InChI is InChI=1S/C9H18O2S/c1-8(11)4-3-7-12-9(2)5-6-10/h9-10H,3-7H2,1-2H3. The molecule has 2 nitrogen and oxygen atoms in total. The van der Waals surface area contributed by atoms with Crippen molar-refractivity contribution in [3.8, 4) is 0 Å². The maximum atomic E-state index is 10.6. The summed E-state index contributed by atoms with van der Waals surface area (Å²) < 4.78 is 0. The lowest BCUT2D eigenvalue weighted by Gasteiger charge is -2.07. The van der Waals surface area contributed by atoms with Crippen molar-refractivity contribution in [2.45, 2.75) is 38.4 Å². The Morgan fingerprint density at radius 3 is 2.75 bits per heavy atom. The molecule has 1 atom stereocenters. The summed E-state index contributed by atoms with van der Waals surface area (Å²) in [4.78, 5) is 10.6. The lowest BCUT2D eigenvalue weighted by molar-refractivity contribution is -0.117. The number of Topliss-reactive ketones (excluding diaryl/α,β-unsaturated/α-hetero) is 1. The molecule has 0 aromatic rings. The monoisotopic (exact) mass is 190 g/mol. The quantitative estimate of drug-likeness (QED) is 0.623. The van der Waals surface area contributed by atoms with E-state index in [1.165, 1.54) is 0 Å². The van der Waals surface area contributed by atoms with Crippen molar-refractivity contribution in [2.75, 3.05) is 12.4 Å². The van der Waals surface area contributed by atoms with E-state index in [1.54, 1.807) is 6.92 Å². The molecule has 0 saturated heterocycles. The summed E-state index contributed by atoms with van der Waals surface area (Å²) in [5, 5.41) is 9.13. The zero-order valence-corrected chi connectivity index (χ0v) is 8.69. The molecule has 1 unspecified atom stereocenters. The molecule has 0 amide bonds. The predicted molar refractivity (Wildman–Crippen MR) is 53.5 cm³/mol. The van der Waals surface area contributed by atoms with Crippen LogP contribution in [-0.4, -0.2) is 28.5 Å². The fourth-order valence-corrected chi connectivity index (χ4v) is 1.86. The summed E-state index contributed by atoms with van der Waals surface area (Å²) in [6.07, 6.45) is 2.51. The van der Waals surface area contributed by atoms with Crippen LogP contribution in [0.1, 0.15) is 33.1 Å². The Balaban J connectivity index is 3.13. The van der Waals surface area contributed by atoms with Gasteiger partial charge in [0.2, 0.25) is 0 Å². The Labute approximate surface area is 78.7 Å². The first-order valence-electron chi connectivity index (χ1n) is 4.38. The highest BCUT2D eigenvalue weighted by atomic mass is 32.2. The highest BCUT2D eigenvalue weighted by Crippen LogP contribution is 2.15. The second-order valence-electron chi connectivity index (χ2n) is 3.00. The van der Waals surface area contributed by atoms with E-state index >= 15 is 0 Å². The van der Waals surface area contributed by atoms with E-state index in [-0.39, 0.29) is 12.4 Å². The fraction of sp³-hybridized carbons (Fsp3) is 0.889. The van der Waals surface area contributed by atoms with E-state index in [9.17, 15) is 4.79 Å². The van der Waals surface area contributed by atoms with Crippen molar-refractivity contribution in [3.05, 3.63) is 0 Å². The van der Waals surface area contributed by atoms with Crippen LogP contribution in [0.15, 0.2) is 0 Å². The van der Waals surface area contributed by atoms with Gasteiger partial charge in [-0.15, -0.1) is 0 Å². The largest absolute Gasteiger partial charge is 0.396 e. The topological polar surface area (TPSA) is 37.3 Å².